The lowest BCUT2D eigenvalue weighted by atomic mass is 9.97. The predicted molar refractivity (Wildman–Crippen MR) is 196 cm³/mol. The molecule has 5 aromatic carbocycles. The number of hydrogen-bond donors (Lipinski definition) is 0. The number of esters is 2. The monoisotopic (exact) mass is 748 g/mol. The SMILES string of the molecule is O=C(OC[C@H]1O[C@H](OC(=O)c2ccc([N+](=O)[O-])cc2)[C@H](OCc2ccccc2)[C@@H](OCc2ccccc2)[C@@H]1OCc1ccccc1)c1ccc([N+](=O)[O-])cc1. The molecule has 1 heterocycles. The molecule has 0 unspecified atom stereocenters. The Bertz CT molecular complexity index is 2030. The van der Waals surface area contributed by atoms with Crippen LogP contribution in [0.25, 0.3) is 0 Å². The Balaban J connectivity index is 1.34. The van der Waals surface area contributed by atoms with Crippen LogP contribution >= 0.6 is 0 Å². The molecule has 1 saturated heterocycles. The zero-order valence-electron chi connectivity index (χ0n) is 29.3. The third kappa shape index (κ3) is 10.4. The van der Waals surface area contributed by atoms with Crippen molar-refractivity contribution in [2.45, 2.75) is 50.5 Å². The summed E-state index contributed by atoms with van der Waals surface area (Å²) in [7, 11) is 0. The largest absolute Gasteiger partial charge is 0.459 e. The molecule has 1 fully saturated rings. The number of benzene rings is 5. The molecule has 0 amide bonds. The maximum absolute atomic E-state index is 13.6. The van der Waals surface area contributed by atoms with E-state index in [1.54, 1.807) is 0 Å². The fraction of sp³-hybridized carbons (Fsp3) is 0.220. The van der Waals surface area contributed by atoms with Crippen LogP contribution in [-0.2, 0) is 48.2 Å². The molecule has 1 aliphatic rings. The van der Waals surface area contributed by atoms with Crippen LogP contribution in [0.15, 0.2) is 140 Å². The van der Waals surface area contributed by atoms with Gasteiger partial charge in [-0.15, -0.1) is 0 Å². The van der Waals surface area contributed by atoms with Crippen LogP contribution in [0.1, 0.15) is 37.4 Å². The van der Waals surface area contributed by atoms with E-state index < -0.39 is 59.1 Å². The minimum Gasteiger partial charge on any atom is -0.459 e. The average molecular weight is 749 g/mol. The van der Waals surface area contributed by atoms with E-state index in [4.69, 9.17) is 28.4 Å². The van der Waals surface area contributed by atoms with Crippen LogP contribution in [0, 0.1) is 20.2 Å². The summed E-state index contributed by atoms with van der Waals surface area (Å²) in [4.78, 5) is 48.0. The predicted octanol–water partition coefficient (Wildman–Crippen LogP) is 7.00. The van der Waals surface area contributed by atoms with Crippen LogP contribution in [0.2, 0.25) is 0 Å². The van der Waals surface area contributed by atoms with E-state index in [2.05, 4.69) is 0 Å². The standard InChI is InChI=1S/C41H36N2O12/c44-39(31-16-20-33(21-17-31)42(46)47)53-27-35-36(50-24-28-10-4-1-5-11-28)37(51-25-29-12-6-2-7-13-29)38(52-26-30-14-8-3-9-15-30)41(54-35)55-40(45)32-18-22-34(23-19-32)43(48)49/h1-23,35-38,41H,24-27H2/t35-,36-,37+,38-,41-/m1/s1. The highest BCUT2D eigenvalue weighted by atomic mass is 16.7. The topological polar surface area (TPSA) is 176 Å². The Morgan fingerprint density at radius 2 is 0.927 bits per heavy atom. The van der Waals surface area contributed by atoms with Gasteiger partial charge in [0.05, 0.1) is 40.8 Å². The van der Waals surface area contributed by atoms with Gasteiger partial charge in [0, 0.05) is 24.3 Å². The van der Waals surface area contributed by atoms with Crippen molar-refractivity contribution < 1.29 is 47.9 Å². The summed E-state index contributed by atoms with van der Waals surface area (Å²) in [6.07, 6.45) is -5.61. The minimum absolute atomic E-state index is 0.0152. The zero-order valence-corrected chi connectivity index (χ0v) is 29.3. The number of rotatable bonds is 16. The first kappa shape index (κ1) is 38.4. The molecule has 1 aliphatic heterocycles. The van der Waals surface area contributed by atoms with Crippen molar-refractivity contribution in [1.82, 2.24) is 0 Å². The summed E-state index contributed by atoms with van der Waals surface area (Å²) in [5.74, 6) is -1.65. The molecule has 5 aromatic rings. The van der Waals surface area contributed by atoms with Gasteiger partial charge in [-0.25, -0.2) is 9.59 Å². The van der Waals surface area contributed by atoms with Crippen LogP contribution in [0.4, 0.5) is 11.4 Å². The van der Waals surface area contributed by atoms with Gasteiger partial charge in [-0.3, -0.25) is 20.2 Å². The van der Waals surface area contributed by atoms with Crippen molar-refractivity contribution >= 4 is 23.3 Å². The van der Waals surface area contributed by atoms with E-state index in [0.717, 1.165) is 16.7 Å². The van der Waals surface area contributed by atoms with E-state index in [1.807, 2.05) is 91.0 Å². The molecule has 0 saturated carbocycles. The molecule has 5 atom stereocenters. The minimum atomic E-state index is -1.45. The van der Waals surface area contributed by atoms with E-state index >= 15 is 0 Å². The van der Waals surface area contributed by atoms with Gasteiger partial charge < -0.3 is 28.4 Å². The number of ether oxygens (including phenoxy) is 6. The van der Waals surface area contributed by atoms with Gasteiger partial charge in [-0.2, -0.15) is 0 Å². The van der Waals surface area contributed by atoms with E-state index in [1.165, 1.54) is 48.5 Å². The normalized spacial score (nSPS) is 19.2. The van der Waals surface area contributed by atoms with E-state index in [0.29, 0.717) is 0 Å². The first-order valence-electron chi connectivity index (χ1n) is 17.2. The van der Waals surface area contributed by atoms with Gasteiger partial charge in [0.1, 0.15) is 31.0 Å². The summed E-state index contributed by atoms with van der Waals surface area (Å²) >= 11 is 0. The molecule has 0 bridgehead atoms. The fourth-order valence-corrected chi connectivity index (χ4v) is 5.83. The number of non-ortho nitro benzene ring substituents is 2. The van der Waals surface area contributed by atoms with Crippen LogP contribution in [-0.4, -0.2) is 59.1 Å². The van der Waals surface area contributed by atoms with E-state index in [-0.39, 0.29) is 42.3 Å². The first-order chi connectivity index (χ1) is 26.7. The van der Waals surface area contributed by atoms with Crippen molar-refractivity contribution in [3.05, 3.63) is 188 Å². The van der Waals surface area contributed by atoms with Crippen molar-refractivity contribution in [2.24, 2.45) is 0 Å². The molecule has 14 heteroatoms. The Morgan fingerprint density at radius 1 is 0.527 bits per heavy atom. The highest BCUT2D eigenvalue weighted by Crippen LogP contribution is 2.32. The molecule has 0 aliphatic carbocycles. The van der Waals surface area contributed by atoms with Crippen molar-refractivity contribution in [2.75, 3.05) is 6.61 Å². The van der Waals surface area contributed by atoms with Gasteiger partial charge >= 0.3 is 11.9 Å². The second-order valence-corrected chi connectivity index (χ2v) is 12.4. The third-order valence-electron chi connectivity index (χ3n) is 8.68. The van der Waals surface area contributed by atoms with Gasteiger partial charge in [0.25, 0.3) is 11.4 Å². The maximum atomic E-state index is 13.6. The molecular weight excluding hydrogens is 712 g/mol. The van der Waals surface area contributed by atoms with Gasteiger partial charge in [-0.1, -0.05) is 91.0 Å². The van der Waals surface area contributed by atoms with Crippen LogP contribution < -0.4 is 0 Å². The second-order valence-electron chi connectivity index (χ2n) is 12.4. The molecule has 282 valence electrons. The van der Waals surface area contributed by atoms with Gasteiger partial charge in [0.2, 0.25) is 6.29 Å². The maximum Gasteiger partial charge on any atom is 0.340 e. The molecule has 0 spiro atoms. The van der Waals surface area contributed by atoms with Crippen molar-refractivity contribution in [3.63, 3.8) is 0 Å². The van der Waals surface area contributed by atoms with Crippen molar-refractivity contribution in [3.8, 4) is 0 Å². The quantitative estimate of drug-likeness (QED) is 0.0575. The number of hydrogen-bond acceptors (Lipinski definition) is 12. The number of carbonyl (C=O) groups is 2. The first-order valence-corrected chi connectivity index (χ1v) is 17.2. The molecule has 0 N–H and O–H groups in total. The van der Waals surface area contributed by atoms with E-state index in [9.17, 15) is 29.8 Å². The molecular formula is C41H36N2O12. The molecule has 0 radical (unpaired) electrons. The summed E-state index contributed by atoms with van der Waals surface area (Å²) in [6.45, 7) is -0.139. The average Bonchev–Trinajstić information content (AvgIpc) is 3.22. The lowest BCUT2D eigenvalue weighted by molar-refractivity contribution is -0.385. The van der Waals surface area contributed by atoms with Crippen molar-refractivity contribution in [1.29, 1.82) is 0 Å². The molecule has 14 nitrogen and oxygen atoms in total. The third-order valence-corrected chi connectivity index (χ3v) is 8.68. The summed E-state index contributed by atoms with van der Waals surface area (Å²) < 4.78 is 37.6. The summed E-state index contributed by atoms with van der Waals surface area (Å²) in [5.41, 5.74) is 2.14. The summed E-state index contributed by atoms with van der Waals surface area (Å²) in [6, 6.07) is 37.9. The molecule has 0 aromatic heterocycles. The summed E-state index contributed by atoms with van der Waals surface area (Å²) in [5, 5.41) is 22.4. The number of nitro benzene ring substituents is 2. The fourth-order valence-electron chi connectivity index (χ4n) is 5.83. The number of nitro groups is 2. The highest BCUT2D eigenvalue weighted by Gasteiger charge is 2.50. The molecule has 55 heavy (non-hydrogen) atoms. The number of carbonyl (C=O) groups excluding carboxylic acids is 2. The number of nitrogens with zero attached hydrogens (tertiary/aromatic N) is 2. The second kappa shape index (κ2) is 18.6. The Morgan fingerprint density at radius 3 is 1.36 bits per heavy atom. The highest BCUT2D eigenvalue weighted by molar-refractivity contribution is 5.90. The Labute approximate surface area is 315 Å². The molecule has 6 rings (SSSR count). The van der Waals surface area contributed by atoms with Gasteiger partial charge in [-0.05, 0) is 41.0 Å². The Kier molecular flexibility index (Phi) is 13.0. The zero-order chi connectivity index (χ0) is 38.6. The lowest BCUT2D eigenvalue weighted by Gasteiger charge is -2.45. The van der Waals surface area contributed by atoms with Crippen LogP contribution in [0.3, 0.4) is 0 Å². The smallest absolute Gasteiger partial charge is 0.340 e. The Hall–Kier alpha value is -6.32. The van der Waals surface area contributed by atoms with Gasteiger partial charge in [0.15, 0.2) is 0 Å². The lowest BCUT2D eigenvalue weighted by Crippen LogP contribution is -2.62. The van der Waals surface area contributed by atoms with Crippen LogP contribution in [0.5, 0.6) is 0 Å².